The first-order chi connectivity index (χ1) is 9.69. The van der Waals surface area contributed by atoms with E-state index in [2.05, 4.69) is 10.3 Å². The van der Waals surface area contributed by atoms with Crippen molar-refractivity contribution >= 4 is 22.9 Å². The second-order valence-corrected chi connectivity index (χ2v) is 5.21. The number of amides is 1. The number of carbonyl (C=O) groups excluding carboxylic acids is 1. The van der Waals surface area contributed by atoms with E-state index in [1.165, 1.54) is 11.3 Å². The zero-order valence-corrected chi connectivity index (χ0v) is 12.1. The molecular weight excluding hydrogens is 274 g/mol. The molecule has 5 nitrogen and oxygen atoms in total. The van der Waals surface area contributed by atoms with Gasteiger partial charge >= 0.3 is 0 Å². The zero-order valence-electron chi connectivity index (χ0n) is 11.3. The molecule has 0 aliphatic heterocycles. The second-order valence-electron chi connectivity index (χ2n) is 4.27. The van der Waals surface area contributed by atoms with Gasteiger partial charge in [-0.1, -0.05) is 12.1 Å². The Morgan fingerprint density at radius 2 is 2.15 bits per heavy atom. The molecule has 1 aromatic heterocycles. The van der Waals surface area contributed by atoms with E-state index in [0.29, 0.717) is 19.6 Å². The van der Waals surface area contributed by atoms with Crippen LogP contribution >= 0.6 is 11.3 Å². The summed E-state index contributed by atoms with van der Waals surface area (Å²) in [6.45, 7) is 1.03. The fourth-order valence-corrected chi connectivity index (χ4v) is 2.47. The molecule has 0 saturated heterocycles. The van der Waals surface area contributed by atoms with Gasteiger partial charge in [-0.3, -0.25) is 4.79 Å². The van der Waals surface area contributed by atoms with Crippen LogP contribution in [0.4, 0.5) is 5.69 Å². The van der Waals surface area contributed by atoms with Crippen LogP contribution in [-0.2, 0) is 16.0 Å². The highest BCUT2D eigenvalue weighted by molar-refractivity contribution is 7.10. The maximum Gasteiger partial charge on any atom is 0.226 e. The number of hydrogen-bond acceptors (Lipinski definition) is 5. The number of carbonyl (C=O) groups is 1. The Bertz CT molecular complexity index is 566. The first-order valence-electron chi connectivity index (χ1n) is 6.25. The van der Waals surface area contributed by atoms with Crippen LogP contribution in [0.15, 0.2) is 29.6 Å². The van der Waals surface area contributed by atoms with Gasteiger partial charge in [0.2, 0.25) is 5.91 Å². The topological polar surface area (TPSA) is 77.2 Å². The molecule has 106 valence electrons. The maximum atomic E-state index is 11.7. The van der Waals surface area contributed by atoms with E-state index in [9.17, 15) is 4.79 Å². The highest BCUT2D eigenvalue weighted by Gasteiger charge is 2.08. The first-order valence-corrected chi connectivity index (χ1v) is 7.13. The summed E-state index contributed by atoms with van der Waals surface area (Å²) in [6, 6.07) is 7.53. The lowest BCUT2D eigenvalue weighted by Crippen LogP contribution is -2.28. The predicted molar refractivity (Wildman–Crippen MR) is 80.6 cm³/mol. The van der Waals surface area contributed by atoms with Crippen molar-refractivity contribution in [1.29, 1.82) is 0 Å². The summed E-state index contributed by atoms with van der Waals surface area (Å²) in [7, 11) is 1.60. The third kappa shape index (κ3) is 4.04. The van der Waals surface area contributed by atoms with E-state index in [4.69, 9.17) is 10.5 Å². The molecule has 0 aliphatic carbocycles. The molecule has 0 unspecified atom stereocenters. The Balaban J connectivity index is 1.95. The summed E-state index contributed by atoms with van der Waals surface area (Å²) >= 11 is 1.48. The van der Waals surface area contributed by atoms with E-state index < -0.39 is 0 Å². The fraction of sp³-hybridized carbons (Fsp3) is 0.286. The molecule has 0 radical (unpaired) electrons. The van der Waals surface area contributed by atoms with Crippen molar-refractivity contribution in [3.63, 3.8) is 0 Å². The molecular formula is C14H17N3O2S. The summed E-state index contributed by atoms with van der Waals surface area (Å²) in [4.78, 5) is 16.1. The predicted octanol–water partition coefficient (Wildman–Crippen LogP) is 1.70. The highest BCUT2D eigenvalue weighted by Crippen LogP contribution is 2.22. The minimum Gasteiger partial charge on any atom is -0.399 e. The van der Waals surface area contributed by atoms with Gasteiger partial charge in [-0.05, 0) is 12.1 Å². The number of thiazole rings is 1. The number of nitrogens with one attached hydrogen (secondary N) is 1. The van der Waals surface area contributed by atoms with Crippen LogP contribution in [0, 0.1) is 0 Å². The van der Waals surface area contributed by atoms with Crippen LogP contribution in [0.5, 0.6) is 0 Å². The van der Waals surface area contributed by atoms with E-state index in [0.717, 1.165) is 22.0 Å². The molecule has 0 bridgehead atoms. The minimum absolute atomic E-state index is 0.0414. The van der Waals surface area contributed by atoms with Crippen molar-refractivity contribution in [2.24, 2.45) is 0 Å². The number of rotatable bonds is 6. The second kappa shape index (κ2) is 7.02. The molecule has 1 heterocycles. The van der Waals surface area contributed by atoms with Crippen LogP contribution in [0.2, 0.25) is 0 Å². The van der Waals surface area contributed by atoms with Crippen LogP contribution in [0.1, 0.15) is 5.01 Å². The average Bonchev–Trinajstić information content (AvgIpc) is 2.88. The van der Waals surface area contributed by atoms with Gasteiger partial charge in [-0.15, -0.1) is 11.3 Å². The van der Waals surface area contributed by atoms with Crippen molar-refractivity contribution in [2.45, 2.75) is 6.42 Å². The lowest BCUT2D eigenvalue weighted by atomic mass is 10.1. The van der Waals surface area contributed by atoms with Gasteiger partial charge in [0, 0.05) is 30.3 Å². The van der Waals surface area contributed by atoms with Crippen LogP contribution in [0.25, 0.3) is 11.3 Å². The number of methoxy groups -OCH3 is 1. The van der Waals surface area contributed by atoms with Crippen molar-refractivity contribution in [1.82, 2.24) is 10.3 Å². The van der Waals surface area contributed by atoms with Crippen LogP contribution in [0.3, 0.4) is 0 Å². The quantitative estimate of drug-likeness (QED) is 0.627. The van der Waals surface area contributed by atoms with Crippen molar-refractivity contribution in [3.05, 3.63) is 34.7 Å². The number of aromatic nitrogens is 1. The van der Waals surface area contributed by atoms with Crippen molar-refractivity contribution in [2.75, 3.05) is 26.0 Å². The van der Waals surface area contributed by atoms with E-state index in [1.54, 1.807) is 7.11 Å². The molecule has 1 amide bonds. The number of hydrogen-bond donors (Lipinski definition) is 2. The standard InChI is InChI=1S/C14H17N3O2S/c1-19-7-6-16-13(18)8-14-17-12(9-20-14)10-2-4-11(15)5-3-10/h2-5,9H,6-8,15H2,1H3,(H,16,18). The minimum atomic E-state index is -0.0414. The largest absolute Gasteiger partial charge is 0.399 e. The first kappa shape index (κ1) is 14.5. The third-order valence-electron chi connectivity index (χ3n) is 2.70. The zero-order chi connectivity index (χ0) is 14.4. The molecule has 0 aliphatic rings. The molecule has 0 atom stereocenters. The number of anilines is 1. The summed E-state index contributed by atoms with van der Waals surface area (Å²) < 4.78 is 4.88. The summed E-state index contributed by atoms with van der Waals surface area (Å²) in [6.07, 6.45) is 0.295. The fourth-order valence-electron chi connectivity index (χ4n) is 1.67. The van der Waals surface area contributed by atoms with Gasteiger partial charge in [0.25, 0.3) is 0 Å². The molecule has 6 heteroatoms. The summed E-state index contributed by atoms with van der Waals surface area (Å²) in [5.41, 5.74) is 8.25. The maximum absolute atomic E-state index is 11.7. The van der Waals surface area contributed by atoms with Gasteiger partial charge in [0.15, 0.2) is 0 Å². The van der Waals surface area contributed by atoms with Gasteiger partial charge in [0.05, 0.1) is 18.7 Å². The highest BCUT2D eigenvalue weighted by atomic mass is 32.1. The number of ether oxygens (including phenoxy) is 1. The lowest BCUT2D eigenvalue weighted by molar-refractivity contribution is -0.120. The van der Waals surface area contributed by atoms with Gasteiger partial charge < -0.3 is 15.8 Å². The molecule has 3 N–H and O–H groups in total. The molecule has 2 rings (SSSR count). The Kier molecular flexibility index (Phi) is 5.09. The Morgan fingerprint density at radius 3 is 2.85 bits per heavy atom. The Hall–Kier alpha value is -1.92. The molecule has 1 aromatic carbocycles. The smallest absolute Gasteiger partial charge is 0.226 e. The van der Waals surface area contributed by atoms with Crippen LogP contribution < -0.4 is 11.1 Å². The normalized spacial score (nSPS) is 10.4. The van der Waals surface area contributed by atoms with E-state index in [1.807, 2.05) is 29.6 Å². The van der Waals surface area contributed by atoms with Crippen LogP contribution in [-0.4, -0.2) is 31.2 Å². The van der Waals surface area contributed by atoms with E-state index >= 15 is 0 Å². The number of nitrogens with zero attached hydrogens (tertiary/aromatic N) is 1. The third-order valence-corrected chi connectivity index (χ3v) is 3.55. The SMILES string of the molecule is COCCNC(=O)Cc1nc(-c2ccc(N)cc2)cs1. The molecule has 20 heavy (non-hydrogen) atoms. The molecule has 0 saturated carbocycles. The molecule has 0 spiro atoms. The lowest BCUT2D eigenvalue weighted by Gasteiger charge is -2.02. The van der Waals surface area contributed by atoms with Gasteiger partial charge in [0.1, 0.15) is 5.01 Å². The van der Waals surface area contributed by atoms with Crippen molar-refractivity contribution in [3.8, 4) is 11.3 Å². The monoisotopic (exact) mass is 291 g/mol. The number of benzene rings is 1. The number of nitrogens with two attached hydrogens (primary N) is 1. The number of nitrogen functional groups attached to an aromatic ring is 1. The Labute approximate surface area is 121 Å². The summed E-state index contributed by atoms with van der Waals surface area (Å²) in [5, 5.41) is 5.52. The summed E-state index contributed by atoms with van der Waals surface area (Å²) in [5.74, 6) is -0.0414. The average molecular weight is 291 g/mol. The molecule has 0 fully saturated rings. The van der Waals surface area contributed by atoms with Gasteiger partial charge in [-0.25, -0.2) is 4.98 Å². The van der Waals surface area contributed by atoms with E-state index in [-0.39, 0.29) is 5.91 Å². The van der Waals surface area contributed by atoms with Gasteiger partial charge in [-0.2, -0.15) is 0 Å². The molecule has 2 aromatic rings. The Morgan fingerprint density at radius 1 is 1.40 bits per heavy atom. The van der Waals surface area contributed by atoms with Crippen molar-refractivity contribution < 1.29 is 9.53 Å².